The number of likely N-dealkylation sites (tertiary alicyclic amines) is 1. The molecule has 27 heavy (non-hydrogen) atoms. The molecule has 2 aliphatic heterocycles. The van der Waals surface area contributed by atoms with Crippen LogP contribution in [0.15, 0.2) is 28.4 Å². The van der Waals surface area contributed by atoms with E-state index >= 15 is 0 Å². The van der Waals surface area contributed by atoms with E-state index < -0.39 is 5.60 Å². The molecule has 0 bridgehead atoms. The predicted octanol–water partition coefficient (Wildman–Crippen LogP) is 0.919. The summed E-state index contributed by atoms with van der Waals surface area (Å²) in [5, 5.41) is 8.48. The third-order valence-corrected chi connectivity index (χ3v) is 5.21. The molecule has 2 aromatic rings. The monoisotopic (exact) mass is 386 g/mol. The van der Waals surface area contributed by atoms with E-state index in [1.54, 1.807) is 28.2 Å². The van der Waals surface area contributed by atoms with Crippen molar-refractivity contribution in [2.45, 2.75) is 31.9 Å². The third-order valence-electron chi connectivity index (χ3n) is 4.62. The van der Waals surface area contributed by atoms with Crippen LogP contribution in [0.5, 0.6) is 0 Å². The molecule has 2 aromatic heterocycles. The van der Waals surface area contributed by atoms with Crippen LogP contribution >= 0.6 is 11.3 Å². The van der Waals surface area contributed by atoms with Crippen molar-refractivity contribution in [3.63, 3.8) is 0 Å². The zero-order valence-electron chi connectivity index (χ0n) is 14.7. The van der Waals surface area contributed by atoms with Crippen molar-refractivity contribution in [3.05, 3.63) is 40.4 Å². The molecule has 10 heteroatoms. The summed E-state index contributed by atoms with van der Waals surface area (Å²) in [5.41, 5.74) is 3.27. The van der Waals surface area contributed by atoms with Gasteiger partial charge < -0.3 is 15.1 Å². The summed E-state index contributed by atoms with van der Waals surface area (Å²) in [6, 6.07) is 0. The predicted molar refractivity (Wildman–Crippen MR) is 97.1 cm³/mol. The molecular weight excluding hydrogens is 368 g/mol. The molecule has 2 aliphatic rings. The van der Waals surface area contributed by atoms with Gasteiger partial charge in [0.1, 0.15) is 11.4 Å². The van der Waals surface area contributed by atoms with Crippen LogP contribution in [0, 0.1) is 6.92 Å². The maximum Gasteiger partial charge on any atom is 0.273 e. The van der Waals surface area contributed by atoms with Gasteiger partial charge in [0.15, 0.2) is 5.60 Å². The number of aromatic nitrogens is 3. The Balaban J connectivity index is 1.32. The van der Waals surface area contributed by atoms with E-state index in [2.05, 4.69) is 25.4 Å². The Morgan fingerprint density at radius 1 is 1.33 bits per heavy atom. The highest BCUT2D eigenvalue weighted by Crippen LogP contribution is 2.34. The lowest BCUT2D eigenvalue weighted by Crippen LogP contribution is -2.38. The highest BCUT2D eigenvalue weighted by molar-refractivity contribution is 7.07. The number of nitrogens with zero attached hydrogens (tertiary/aromatic N) is 5. The number of carbonyl (C=O) groups is 2. The molecule has 4 rings (SSSR count). The zero-order chi connectivity index (χ0) is 18.9. The smallest absolute Gasteiger partial charge is 0.273 e. The van der Waals surface area contributed by atoms with Gasteiger partial charge in [0.05, 0.1) is 36.2 Å². The standard InChI is InChI=1S/C17H18N6O3S/c1-11-5-19-12(6-18-11)7-20-15(24)13-4-17(26-22-13)2-3-23(9-17)16(25)14-8-27-10-21-14/h5-6,8,10H,2-4,7,9H2,1H3,(H,20,24)/t17-/m0/s1. The Bertz CT molecular complexity index is 883. The van der Waals surface area contributed by atoms with Gasteiger partial charge >= 0.3 is 0 Å². The normalized spacial score (nSPS) is 21.2. The quantitative estimate of drug-likeness (QED) is 0.837. The number of oxime groups is 1. The fourth-order valence-electron chi connectivity index (χ4n) is 3.14. The van der Waals surface area contributed by atoms with Gasteiger partial charge in [-0.15, -0.1) is 11.3 Å². The van der Waals surface area contributed by atoms with Crippen molar-refractivity contribution in [1.82, 2.24) is 25.2 Å². The van der Waals surface area contributed by atoms with Crippen LogP contribution in [0.2, 0.25) is 0 Å². The summed E-state index contributed by atoms with van der Waals surface area (Å²) < 4.78 is 0. The highest BCUT2D eigenvalue weighted by Gasteiger charge is 2.48. The van der Waals surface area contributed by atoms with Gasteiger partial charge in [-0.3, -0.25) is 19.6 Å². The van der Waals surface area contributed by atoms with E-state index in [0.717, 1.165) is 5.69 Å². The first kappa shape index (κ1) is 17.5. The van der Waals surface area contributed by atoms with Crippen molar-refractivity contribution in [1.29, 1.82) is 0 Å². The third kappa shape index (κ3) is 3.65. The lowest BCUT2D eigenvalue weighted by molar-refractivity contribution is -0.115. The van der Waals surface area contributed by atoms with Crippen molar-refractivity contribution < 1.29 is 14.4 Å². The van der Waals surface area contributed by atoms with Crippen molar-refractivity contribution in [2.75, 3.05) is 13.1 Å². The Hall–Kier alpha value is -2.88. The maximum absolute atomic E-state index is 12.4. The molecule has 140 valence electrons. The number of thiazole rings is 1. The molecule has 4 heterocycles. The Labute approximate surface area is 159 Å². The minimum Gasteiger partial charge on any atom is -0.386 e. The zero-order valence-corrected chi connectivity index (χ0v) is 15.5. The second kappa shape index (κ2) is 7.03. The van der Waals surface area contributed by atoms with Gasteiger partial charge in [-0.2, -0.15) is 0 Å². The van der Waals surface area contributed by atoms with E-state index in [4.69, 9.17) is 4.84 Å². The highest BCUT2D eigenvalue weighted by atomic mass is 32.1. The Morgan fingerprint density at radius 3 is 2.96 bits per heavy atom. The van der Waals surface area contributed by atoms with Gasteiger partial charge in [0.25, 0.3) is 11.8 Å². The van der Waals surface area contributed by atoms with Crippen LogP contribution in [0.1, 0.15) is 34.7 Å². The molecule has 2 amide bonds. The molecule has 1 spiro atoms. The first-order valence-electron chi connectivity index (χ1n) is 8.53. The van der Waals surface area contributed by atoms with Gasteiger partial charge in [-0.1, -0.05) is 5.16 Å². The van der Waals surface area contributed by atoms with Crippen molar-refractivity contribution in [2.24, 2.45) is 5.16 Å². The van der Waals surface area contributed by atoms with Crippen LogP contribution in [0.3, 0.4) is 0 Å². The average Bonchev–Trinajstić information content (AvgIpc) is 3.43. The number of amides is 2. The van der Waals surface area contributed by atoms with E-state index in [9.17, 15) is 9.59 Å². The van der Waals surface area contributed by atoms with Crippen LogP contribution in [0.25, 0.3) is 0 Å². The first-order chi connectivity index (χ1) is 13.0. The molecule has 0 aliphatic carbocycles. The molecule has 0 unspecified atom stereocenters. The van der Waals surface area contributed by atoms with Gasteiger partial charge in [-0.25, -0.2) is 4.98 Å². The number of nitrogens with one attached hydrogen (secondary N) is 1. The summed E-state index contributed by atoms with van der Waals surface area (Å²) in [5.74, 6) is -0.411. The summed E-state index contributed by atoms with van der Waals surface area (Å²) in [4.78, 5) is 44.5. The van der Waals surface area contributed by atoms with Gasteiger partial charge in [-0.05, 0) is 6.92 Å². The van der Waals surface area contributed by atoms with Crippen LogP contribution in [0.4, 0.5) is 0 Å². The lowest BCUT2D eigenvalue weighted by Gasteiger charge is -2.21. The molecule has 1 fully saturated rings. The topological polar surface area (TPSA) is 110 Å². The second-order valence-electron chi connectivity index (χ2n) is 6.67. The van der Waals surface area contributed by atoms with Gasteiger partial charge in [0.2, 0.25) is 0 Å². The van der Waals surface area contributed by atoms with Crippen LogP contribution in [-0.2, 0) is 16.2 Å². The number of hydrogen-bond acceptors (Lipinski definition) is 8. The van der Waals surface area contributed by atoms with E-state index in [0.29, 0.717) is 43.0 Å². The number of aryl methyl sites for hydroxylation is 1. The molecule has 0 radical (unpaired) electrons. The summed E-state index contributed by atoms with van der Waals surface area (Å²) >= 11 is 1.38. The molecular formula is C17H18N6O3S. The van der Waals surface area contributed by atoms with E-state index in [1.165, 1.54) is 11.3 Å². The molecule has 0 saturated carbocycles. The molecule has 1 saturated heterocycles. The van der Waals surface area contributed by atoms with Crippen molar-refractivity contribution >= 4 is 28.9 Å². The minimum atomic E-state index is -0.623. The molecule has 0 aromatic carbocycles. The lowest BCUT2D eigenvalue weighted by atomic mass is 9.96. The fraction of sp³-hybridized carbons (Fsp3) is 0.412. The Kier molecular flexibility index (Phi) is 4.56. The number of carbonyl (C=O) groups excluding carboxylic acids is 2. The summed E-state index contributed by atoms with van der Waals surface area (Å²) in [7, 11) is 0. The van der Waals surface area contributed by atoms with Crippen LogP contribution in [-0.4, -0.2) is 56.1 Å². The van der Waals surface area contributed by atoms with E-state index in [-0.39, 0.29) is 18.4 Å². The minimum absolute atomic E-state index is 0.118. The first-order valence-corrected chi connectivity index (χ1v) is 9.47. The summed E-state index contributed by atoms with van der Waals surface area (Å²) in [6.45, 7) is 3.07. The average molecular weight is 386 g/mol. The second-order valence-corrected chi connectivity index (χ2v) is 7.39. The molecule has 1 atom stereocenters. The SMILES string of the molecule is Cc1cnc(CNC(=O)C2=NO[C@@]3(CCN(C(=O)c4cscn4)C3)C2)cn1. The number of rotatable bonds is 4. The van der Waals surface area contributed by atoms with Crippen molar-refractivity contribution in [3.8, 4) is 0 Å². The van der Waals surface area contributed by atoms with Gasteiger partial charge in [0, 0.05) is 31.0 Å². The molecule has 1 N–H and O–H groups in total. The Morgan fingerprint density at radius 2 is 2.22 bits per heavy atom. The van der Waals surface area contributed by atoms with Crippen LogP contribution < -0.4 is 5.32 Å². The maximum atomic E-state index is 12.4. The largest absolute Gasteiger partial charge is 0.386 e. The van der Waals surface area contributed by atoms with E-state index in [1.807, 2.05) is 6.92 Å². The molecule has 9 nitrogen and oxygen atoms in total. The fourth-order valence-corrected chi connectivity index (χ4v) is 3.67. The summed E-state index contributed by atoms with van der Waals surface area (Å²) in [6.07, 6.45) is 4.29. The number of hydrogen-bond donors (Lipinski definition) is 1.